The molecule has 0 saturated carbocycles. The number of nitrogens with one attached hydrogen (secondary N) is 1. The molecule has 0 spiro atoms. The zero-order valence-corrected chi connectivity index (χ0v) is 17.5. The molecule has 2 aromatic rings. The molecule has 6 nitrogen and oxygen atoms in total. The zero-order chi connectivity index (χ0) is 20.9. The predicted molar refractivity (Wildman–Crippen MR) is 115 cm³/mol. The largest absolute Gasteiger partial charge is 0.497 e. The van der Waals surface area contributed by atoms with Crippen molar-refractivity contribution in [1.82, 2.24) is 5.32 Å². The molecule has 0 bridgehead atoms. The van der Waals surface area contributed by atoms with Gasteiger partial charge in [-0.3, -0.25) is 9.10 Å². The Kier molecular flexibility index (Phi) is 6.59. The Balaban J connectivity index is 1.62. The van der Waals surface area contributed by atoms with Crippen molar-refractivity contribution in [3.8, 4) is 5.75 Å². The third-order valence-corrected chi connectivity index (χ3v) is 6.82. The molecule has 1 heterocycles. The van der Waals surface area contributed by atoms with E-state index in [1.165, 1.54) is 10.4 Å². The molecule has 154 valence electrons. The van der Waals surface area contributed by atoms with E-state index in [0.717, 1.165) is 23.3 Å². The summed E-state index contributed by atoms with van der Waals surface area (Å²) in [6.07, 6.45) is 4.63. The van der Waals surface area contributed by atoms with Gasteiger partial charge in [-0.2, -0.15) is 0 Å². The highest BCUT2D eigenvalue weighted by atomic mass is 32.2. The van der Waals surface area contributed by atoms with Crippen molar-refractivity contribution in [2.45, 2.75) is 25.8 Å². The number of methoxy groups -OCH3 is 1. The van der Waals surface area contributed by atoms with Crippen molar-refractivity contribution in [1.29, 1.82) is 0 Å². The topological polar surface area (TPSA) is 75.7 Å². The zero-order valence-electron chi connectivity index (χ0n) is 16.7. The molecule has 0 radical (unpaired) electrons. The molecule has 1 amide bonds. The first-order valence-electron chi connectivity index (χ1n) is 9.66. The highest BCUT2D eigenvalue weighted by molar-refractivity contribution is 7.93. The van der Waals surface area contributed by atoms with Gasteiger partial charge in [0, 0.05) is 12.6 Å². The number of carbonyl (C=O) groups is 1. The van der Waals surface area contributed by atoms with E-state index >= 15 is 0 Å². The van der Waals surface area contributed by atoms with E-state index in [4.69, 9.17) is 4.74 Å². The van der Waals surface area contributed by atoms with Crippen molar-refractivity contribution < 1.29 is 17.9 Å². The summed E-state index contributed by atoms with van der Waals surface area (Å²) in [6, 6.07) is 14.7. The number of amides is 1. The SMILES string of the molecule is CCC(NC(=O)/C=C/c1ccc(N2CCCS2(=O)=O)cc1)c1ccc(OC)cc1. The summed E-state index contributed by atoms with van der Waals surface area (Å²) in [7, 11) is -1.56. The van der Waals surface area contributed by atoms with Gasteiger partial charge in [0.1, 0.15) is 5.75 Å². The van der Waals surface area contributed by atoms with Crippen molar-refractivity contribution in [2.75, 3.05) is 23.7 Å². The van der Waals surface area contributed by atoms with Gasteiger partial charge >= 0.3 is 0 Å². The molecule has 3 rings (SSSR count). The molecule has 29 heavy (non-hydrogen) atoms. The Hall–Kier alpha value is -2.80. The van der Waals surface area contributed by atoms with E-state index in [0.29, 0.717) is 18.7 Å². The molecule has 0 aromatic heterocycles. The normalized spacial score (nSPS) is 16.7. The minimum Gasteiger partial charge on any atom is -0.497 e. The lowest BCUT2D eigenvalue weighted by Gasteiger charge is -2.17. The highest BCUT2D eigenvalue weighted by Gasteiger charge is 2.28. The van der Waals surface area contributed by atoms with Gasteiger partial charge < -0.3 is 10.1 Å². The molecule has 1 unspecified atom stereocenters. The van der Waals surface area contributed by atoms with Gasteiger partial charge in [-0.1, -0.05) is 31.2 Å². The maximum absolute atomic E-state index is 12.3. The number of nitrogens with zero attached hydrogens (tertiary/aromatic N) is 1. The second kappa shape index (κ2) is 9.13. The first-order chi connectivity index (χ1) is 13.9. The van der Waals surface area contributed by atoms with E-state index in [1.54, 1.807) is 25.3 Å². The van der Waals surface area contributed by atoms with Crippen LogP contribution in [0, 0.1) is 0 Å². The van der Waals surface area contributed by atoms with Gasteiger partial charge in [0.15, 0.2) is 0 Å². The molecular weight excluding hydrogens is 388 g/mol. The first-order valence-corrected chi connectivity index (χ1v) is 11.3. The van der Waals surface area contributed by atoms with Crippen LogP contribution in [0.1, 0.15) is 36.9 Å². The van der Waals surface area contributed by atoms with Crippen LogP contribution in [-0.2, 0) is 14.8 Å². The molecule has 0 aliphatic carbocycles. The monoisotopic (exact) mass is 414 g/mol. The van der Waals surface area contributed by atoms with E-state index in [-0.39, 0.29) is 17.7 Å². The molecule has 1 aliphatic rings. The average molecular weight is 415 g/mol. The fourth-order valence-corrected chi connectivity index (χ4v) is 4.89. The molecule has 1 atom stereocenters. The number of sulfonamides is 1. The Labute approximate surface area is 172 Å². The van der Waals surface area contributed by atoms with Gasteiger partial charge in [-0.25, -0.2) is 8.42 Å². The van der Waals surface area contributed by atoms with Crippen molar-refractivity contribution in [3.05, 3.63) is 65.7 Å². The quantitative estimate of drug-likeness (QED) is 0.704. The second-order valence-electron chi connectivity index (χ2n) is 6.91. The molecule has 2 aromatic carbocycles. The van der Waals surface area contributed by atoms with Gasteiger partial charge in [-0.05, 0) is 54.3 Å². The third-order valence-electron chi connectivity index (χ3n) is 4.95. The van der Waals surface area contributed by atoms with Gasteiger partial charge in [0.2, 0.25) is 15.9 Å². The lowest BCUT2D eigenvalue weighted by atomic mass is 10.0. The maximum atomic E-state index is 12.3. The second-order valence-corrected chi connectivity index (χ2v) is 8.92. The van der Waals surface area contributed by atoms with Crippen molar-refractivity contribution >= 4 is 27.7 Å². The van der Waals surface area contributed by atoms with Gasteiger partial charge in [0.25, 0.3) is 0 Å². The lowest BCUT2D eigenvalue weighted by molar-refractivity contribution is -0.117. The number of hydrogen-bond donors (Lipinski definition) is 1. The van der Waals surface area contributed by atoms with Crippen LogP contribution in [0.5, 0.6) is 5.75 Å². The van der Waals surface area contributed by atoms with E-state index in [9.17, 15) is 13.2 Å². The summed E-state index contributed by atoms with van der Waals surface area (Å²) in [5, 5.41) is 3.00. The lowest BCUT2D eigenvalue weighted by Crippen LogP contribution is -2.26. The smallest absolute Gasteiger partial charge is 0.244 e. The summed E-state index contributed by atoms with van der Waals surface area (Å²) in [5.41, 5.74) is 2.51. The van der Waals surface area contributed by atoms with E-state index < -0.39 is 10.0 Å². The van der Waals surface area contributed by atoms with Crippen LogP contribution in [0.15, 0.2) is 54.6 Å². The van der Waals surface area contributed by atoms with Crippen LogP contribution >= 0.6 is 0 Å². The van der Waals surface area contributed by atoms with Crippen molar-refractivity contribution in [3.63, 3.8) is 0 Å². The van der Waals surface area contributed by atoms with Crippen LogP contribution < -0.4 is 14.4 Å². The number of hydrogen-bond acceptors (Lipinski definition) is 4. The van der Waals surface area contributed by atoms with Crippen LogP contribution in [0.4, 0.5) is 5.69 Å². The molecule has 1 N–H and O–H groups in total. The Morgan fingerprint density at radius 2 is 1.86 bits per heavy atom. The van der Waals surface area contributed by atoms with Gasteiger partial charge in [-0.15, -0.1) is 0 Å². The minimum atomic E-state index is -3.18. The Morgan fingerprint density at radius 3 is 2.41 bits per heavy atom. The Morgan fingerprint density at radius 1 is 1.17 bits per heavy atom. The molecular formula is C22H26N2O4S. The highest BCUT2D eigenvalue weighted by Crippen LogP contribution is 2.24. The number of carbonyl (C=O) groups excluding carboxylic acids is 1. The fourth-order valence-electron chi connectivity index (χ4n) is 3.33. The first kappa shape index (κ1) is 20.9. The number of rotatable bonds is 7. The summed E-state index contributed by atoms with van der Waals surface area (Å²) in [5.74, 6) is 0.792. The third kappa shape index (κ3) is 5.17. The molecule has 7 heteroatoms. The van der Waals surface area contributed by atoms with Crippen LogP contribution in [0.3, 0.4) is 0 Å². The minimum absolute atomic E-state index is 0.0826. The summed E-state index contributed by atoms with van der Waals surface area (Å²) in [4.78, 5) is 12.3. The maximum Gasteiger partial charge on any atom is 0.244 e. The molecule has 1 saturated heterocycles. The predicted octanol–water partition coefficient (Wildman–Crippen LogP) is 3.52. The average Bonchev–Trinajstić information content (AvgIpc) is 3.10. The number of benzene rings is 2. The van der Waals surface area contributed by atoms with Crippen LogP contribution in [0.2, 0.25) is 0 Å². The number of ether oxygens (including phenoxy) is 1. The fraction of sp³-hybridized carbons (Fsp3) is 0.318. The van der Waals surface area contributed by atoms with Crippen LogP contribution in [0.25, 0.3) is 6.08 Å². The summed E-state index contributed by atoms with van der Waals surface area (Å²) in [6.45, 7) is 2.54. The Bertz CT molecular complexity index is 967. The van der Waals surface area contributed by atoms with Crippen molar-refractivity contribution in [2.24, 2.45) is 0 Å². The van der Waals surface area contributed by atoms with E-state index in [1.807, 2.05) is 43.3 Å². The molecule has 1 aliphatic heterocycles. The number of anilines is 1. The summed E-state index contributed by atoms with van der Waals surface area (Å²) < 4.78 is 30.6. The molecule has 1 fully saturated rings. The van der Waals surface area contributed by atoms with Crippen LogP contribution in [-0.4, -0.2) is 33.7 Å². The van der Waals surface area contributed by atoms with Gasteiger partial charge in [0.05, 0.1) is 24.6 Å². The summed E-state index contributed by atoms with van der Waals surface area (Å²) >= 11 is 0. The standard InChI is InChI=1S/C22H26N2O4S/c1-3-21(18-8-12-20(28-2)13-9-18)23-22(25)14-7-17-5-10-19(11-6-17)24-15-4-16-29(24,26)27/h5-14,21H,3-4,15-16H2,1-2H3,(H,23,25)/b14-7+. The van der Waals surface area contributed by atoms with E-state index in [2.05, 4.69) is 5.32 Å².